The molecule has 3 rings (SSSR count). The third kappa shape index (κ3) is 6.20. The number of halogens is 2. The van der Waals surface area contributed by atoms with Gasteiger partial charge in [0.25, 0.3) is 0 Å². The Bertz CT molecular complexity index is 970. The Labute approximate surface area is 186 Å². The molecule has 30 heavy (non-hydrogen) atoms. The second kappa shape index (κ2) is 10.6. The predicted molar refractivity (Wildman–Crippen MR) is 119 cm³/mol. The van der Waals surface area contributed by atoms with Crippen LogP contribution in [0.15, 0.2) is 53.4 Å². The number of carbonyl (C=O) groups excluding carboxylic acids is 1. The molecule has 0 unspecified atom stereocenters. The van der Waals surface area contributed by atoms with Gasteiger partial charge >= 0.3 is 0 Å². The Morgan fingerprint density at radius 1 is 1.23 bits per heavy atom. The lowest BCUT2D eigenvalue weighted by molar-refractivity contribution is -0.125. The number of sulfonamides is 1. The first-order valence-corrected chi connectivity index (χ1v) is 12.7. The summed E-state index contributed by atoms with van der Waals surface area (Å²) in [6, 6.07) is 12.4. The molecule has 0 spiro atoms. The zero-order valence-electron chi connectivity index (χ0n) is 16.4. The Hall–Kier alpha value is -1.61. The van der Waals surface area contributed by atoms with Crippen LogP contribution < -0.4 is 5.32 Å². The zero-order chi connectivity index (χ0) is 21.6. The number of amides is 1. The minimum atomic E-state index is -3.74. The maximum absolute atomic E-state index is 13.1. The molecule has 0 saturated carbocycles. The summed E-state index contributed by atoms with van der Waals surface area (Å²) in [6.45, 7) is 1.02. The van der Waals surface area contributed by atoms with E-state index in [9.17, 15) is 17.6 Å². The van der Waals surface area contributed by atoms with Crippen molar-refractivity contribution in [3.8, 4) is 0 Å². The highest BCUT2D eigenvalue weighted by molar-refractivity contribution is 7.98. The molecule has 0 radical (unpaired) electrons. The van der Waals surface area contributed by atoms with Crippen LogP contribution in [0.25, 0.3) is 0 Å². The summed E-state index contributed by atoms with van der Waals surface area (Å²) in [6.07, 6.45) is 1.26. The summed E-state index contributed by atoms with van der Waals surface area (Å²) in [5, 5.41) is 3.62. The Morgan fingerprint density at radius 2 is 2.00 bits per heavy atom. The molecule has 9 heteroatoms. The lowest BCUT2D eigenvalue weighted by atomic mass is 9.99. The molecule has 1 aliphatic rings. The lowest BCUT2D eigenvalue weighted by Gasteiger charge is -2.31. The first-order chi connectivity index (χ1) is 14.4. The molecular weight excluding hydrogens is 447 g/mol. The summed E-state index contributed by atoms with van der Waals surface area (Å²) in [5.41, 5.74) is 1.13. The van der Waals surface area contributed by atoms with Crippen molar-refractivity contribution in [2.24, 2.45) is 5.92 Å². The van der Waals surface area contributed by atoms with Crippen LogP contribution in [0.1, 0.15) is 18.4 Å². The molecule has 1 saturated heterocycles. The van der Waals surface area contributed by atoms with Crippen LogP contribution >= 0.6 is 23.4 Å². The maximum Gasteiger partial charge on any atom is 0.243 e. The molecule has 1 heterocycles. The van der Waals surface area contributed by atoms with Crippen molar-refractivity contribution in [3.05, 3.63) is 64.9 Å². The molecule has 1 atom stereocenters. The quantitative estimate of drug-likeness (QED) is 0.593. The van der Waals surface area contributed by atoms with Crippen molar-refractivity contribution in [3.63, 3.8) is 0 Å². The Balaban J connectivity index is 1.46. The van der Waals surface area contributed by atoms with E-state index in [1.807, 2.05) is 24.3 Å². The molecule has 1 N–H and O–H groups in total. The van der Waals surface area contributed by atoms with Gasteiger partial charge in [-0.3, -0.25) is 4.79 Å². The largest absolute Gasteiger partial charge is 0.355 e. The van der Waals surface area contributed by atoms with Crippen molar-refractivity contribution in [2.45, 2.75) is 23.5 Å². The van der Waals surface area contributed by atoms with Crippen LogP contribution in [0, 0.1) is 11.7 Å². The molecule has 162 valence electrons. The van der Waals surface area contributed by atoms with Crippen LogP contribution in [-0.4, -0.2) is 44.0 Å². The summed E-state index contributed by atoms with van der Waals surface area (Å²) >= 11 is 7.67. The first kappa shape index (κ1) is 23.1. The van der Waals surface area contributed by atoms with Gasteiger partial charge in [0.1, 0.15) is 5.82 Å². The van der Waals surface area contributed by atoms with Gasteiger partial charge < -0.3 is 5.32 Å². The van der Waals surface area contributed by atoms with Gasteiger partial charge in [-0.25, -0.2) is 12.8 Å². The van der Waals surface area contributed by atoms with Crippen molar-refractivity contribution in [1.82, 2.24) is 9.62 Å². The van der Waals surface area contributed by atoms with Crippen molar-refractivity contribution >= 4 is 39.3 Å². The van der Waals surface area contributed by atoms with Gasteiger partial charge in [-0.05, 0) is 54.8 Å². The van der Waals surface area contributed by atoms with Crippen LogP contribution in [0.5, 0.6) is 0 Å². The van der Waals surface area contributed by atoms with E-state index in [1.54, 1.807) is 11.8 Å². The minimum Gasteiger partial charge on any atom is -0.355 e. The van der Waals surface area contributed by atoms with E-state index in [-0.39, 0.29) is 23.3 Å². The van der Waals surface area contributed by atoms with Gasteiger partial charge in [0.2, 0.25) is 15.9 Å². The van der Waals surface area contributed by atoms with Crippen molar-refractivity contribution in [1.29, 1.82) is 0 Å². The number of nitrogens with zero attached hydrogens (tertiary/aromatic N) is 1. The fraction of sp³-hybridized carbons (Fsp3) is 0.381. The second-order valence-electron chi connectivity index (χ2n) is 7.13. The fourth-order valence-corrected chi connectivity index (χ4v) is 5.88. The monoisotopic (exact) mass is 470 g/mol. The zero-order valence-corrected chi connectivity index (χ0v) is 18.8. The predicted octanol–water partition coefficient (Wildman–Crippen LogP) is 3.93. The average Bonchev–Trinajstić information content (AvgIpc) is 2.74. The van der Waals surface area contributed by atoms with E-state index in [0.717, 1.165) is 29.2 Å². The van der Waals surface area contributed by atoms with E-state index in [2.05, 4.69) is 5.32 Å². The fourth-order valence-electron chi connectivity index (χ4n) is 3.34. The van der Waals surface area contributed by atoms with Gasteiger partial charge in [-0.15, -0.1) is 0 Å². The molecular formula is C21H24ClFN2O3S2. The number of carbonyl (C=O) groups is 1. The summed E-state index contributed by atoms with van der Waals surface area (Å²) in [4.78, 5) is 12.6. The Kier molecular flexibility index (Phi) is 8.16. The van der Waals surface area contributed by atoms with Crippen molar-refractivity contribution in [2.75, 3.05) is 25.4 Å². The van der Waals surface area contributed by atoms with E-state index in [1.165, 1.54) is 16.4 Å². The number of piperidine rings is 1. The van der Waals surface area contributed by atoms with Gasteiger partial charge in [0.05, 0.1) is 10.8 Å². The maximum atomic E-state index is 13.1. The molecule has 1 aliphatic heterocycles. The number of nitrogens with one attached hydrogen (secondary N) is 1. The summed E-state index contributed by atoms with van der Waals surface area (Å²) < 4.78 is 40.0. The highest BCUT2D eigenvalue weighted by Crippen LogP contribution is 2.24. The SMILES string of the molecule is O=C(NCCSCc1cccc(Cl)c1)[C@@H]1CCCN(S(=O)(=O)c2ccc(F)cc2)C1. The Morgan fingerprint density at radius 3 is 2.73 bits per heavy atom. The van der Waals surface area contributed by atoms with Crippen LogP contribution in [-0.2, 0) is 20.6 Å². The van der Waals surface area contributed by atoms with Crippen molar-refractivity contribution < 1.29 is 17.6 Å². The third-order valence-electron chi connectivity index (χ3n) is 4.91. The molecule has 5 nitrogen and oxygen atoms in total. The normalized spacial score (nSPS) is 17.6. The van der Waals surface area contributed by atoms with Gasteiger partial charge in [-0.2, -0.15) is 16.1 Å². The van der Waals surface area contributed by atoms with Crippen LogP contribution in [0.4, 0.5) is 4.39 Å². The standard InChI is InChI=1S/C21H24ClFN2O3S2/c22-18-5-1-3-16(13-18)15-29-12-10-24-21(26)17-4-2-11-25(14-17)30(27,28)20-8-6-19(23)7-9-20/h1,3,5-9,13,17H,2,4,10-12,14-15H2,(H,24,26)/t17-/m1/s1. The highest BCUT2D eigenvalue weighted by Gasteiger charge is 2.33. The van der Waals surface area contributed by atoms with E-state index >= 15 is 0 Å². The summed E-state index contributed by atoms with van der Waals surface area (Å²) in [7, 11) is -3.74. The van der Waals surface area contributed by atoms with E-state index in [0.29, 0.717) is 31.0 Å². The number of hydrogen-bond donors (Lipinski definition) is 1. The molecule has 0 bridgehead atoms. The topological polar surface area (TPSA) is 66.5 Å². The van der Waals surface area contributed by atoms with Crippen LogP contribution in [0.3, 0.4) is 0 Å². The molecule has 1 fully saturated rings. The van der Waals surface area contributed by atoms with Gasteiger partial charge in [-0.1, -0.05) is 23.7 Å². The highest BCUT2D eigenvalue weighted by atomic mass is 35.5. The number of rotatable bonds is 8. The number of hydrogen-bond acceptors (Lipinski definition) is 4. The van der Waals surface area contributed by atoms with E-state index in [4.69, 9.17) is 11.6 Å². The average molecular weight is 471 g/mol. The second-order valence-corrected chi connectivity index (χ2v) is 10.6. The van der Waals surface area contributed by atoms with Crippen LogP contribution in [0.2, 0.25) is 5.02 Å². The summed E-state index contributed by atoms with van der Waals surface area (Å²) in [5.74, 6) is 0.564. The van der Waals surface area contributed by atoms with Gasteiger partial charge in [0.15, 0.2) is 0 Å². The molecule has 0 aliphatic carbocycles. The third-order valence-corrected chi connectivity index (χ3v) is 8.05. The molecule has 2 aromatic rings. The minimum absolute atomic E-state index is 0.0439. The number of thioether (sulfide) groups is 1. The molecule has 0 aromatic heterocycles. The van der Waals surface area contributed by atoms with Gasteiger partial charge in [0, 0.05) is 36.2 Å². The molecule has 2 aromatic carbocycles. The first-order valence-electron chi connectivity index (χ1n) is 9.72. The molecule has 1 amide bonds. The lowest BCUT2D eigenvalue weighted by Crippen LogP contribution is -2.45. The smallest absolute Gasteiger partial charge is 0.243 e. The van der Waals surface area contributed by atoms with E-state index < -0.39 is 15.8 Å². The number of benzene rings is 2.